The van der Waals surface area contributed by atoms with E-state index in [9.17, 15) is 9.59 Å². The molecule has 0 atom stereocenters. The molecule has 0 aliphatic heterocycles. The van der Waals surface area contributed by atoms with Gasteiger partial charge in [-0.1, -0.05) is 11.6 Å². The molecule has 2 amide bonds. The largest absolute Gasteiger partial charge is 0.279 e. The summed E-state index contributed by atoms with van der Waals surface area (Å²) in [4.78, 5) is 25.9. The number of thioether (sulfide) groups is 1. The average Bonchev–Trinajstić information content (AvgIpc) is 2.91. The van der Waals surface area contributed by atoms with Crippen LogP contribution in [0.5, 0.6) is 0 Å². The molecule has 2 N–H and O–H groups in total. The lowest BCUT2D eigenvalue weighted by atomic mass is 10.4. The van der Waals surface area contributed by atoms with Crippen molar-refractivity contribution in [3.63, 3.8) is 0 Å². The molecule has 0 saturated heterocycles. The molecular formula is C14H13ClN2O2S2. The Labute approximate surface area is 135 Å². The van der Waals surface area contributed by atoms with E-state index in [1.807, 2.05) is 25.1 Å². The number of amides is 2. The minimum absolute atomic E-state index is 0.214. The minimum Gasteiger partial charge on any atom is -0.272 e. The van der Waals surface area contributed by atoms with Crippen LogP contribution in [-0.4, -0.2) is 17.6 Å². The van der Waals surface area contributed by atoms with Gasteiger partial charge in [0.15, 0.2) is 0 Å². The highest BCUT2D eigenvalue weighted by molar-refractivity contribution is 8.00. The van der Waals surface area contributed by atoms with Gasteiger partial charge in [-0.2, -0.15) is 0 Å². The number of hydrogen-bond donors (Lipinski definition) is 2. The van der Waals surface area contributed by atoms with Gasteiger partial charge >= 0.3 is 0 Å². The first-order valence-corrected chi connectivity index (χ1v) is 8.26. The number of nitrogens with one attached hydrogen (secondary N) is 2. The number of benzene rings is 1. The third-order valence-electron chi connectivity index (χ3n) is 2.46. The van der Waals surface area contributed by atoms with Gasteiger partial charge in [0.05, 0.1) is 10.6 Å². The lowest BCUT2D eigenvalue weighted by Gasteiger charge is -2.06. The molecule has 2 aromatic rings. The number of rotatable bonds is 4. The molecule has 21 heavy (non-hydrogen) atoms. The van der Waals surface area contributed by atoms with Crippen LogP contribution in [0.15, 0.2) is 41.3 Å². The smallest absolute Gasteiger partial charge is 0.272 e. The normalized spacial score (nSPS) is 10.2. The first kappa shape index (κ1) is 15.9. The highest BCUT2D eigenvalue weighted by Crippen LogP contribution is 2.19. The van der Waals surface area contributed by atoms with Gasteiger partial charge in [0.1, 0.15) is 0 Å². The SMILES string of the molecule is Cc1ccc(C(=O)NNC(=O)CSc2ccc(Cl)cc2)s1. The Kier molecular flexibility index (Phi) is 5.67. The summed E-state index contributed by atoms with van der Waals surface area (Å²) in [6.45, 7) is 1.92. The van der Waals surface area contributed by atoms with Crippen molar-refractivity contribution in [2.75, 3.05) is 5.75 Å². The number of thiophene rings is 1. The van der Waals surface area contributed by atoms with Gasteiger partial charge in [-0.3, -0.25) is 20.4 Å². The molecule has 2 rings (SSSR count). The molecule has 0 aliphatic carbocycles. The Morgan fingerprint density at radius 2 is 1.86 bits per heavy atom. The zero-order chi connectivity index (χ0) is 15.2. The first-order valence-electron chi connectivity index (χ1n) is 6.08. The summed E-state index contributed by atoms with van der Waals surface area (Å²) >= 11 is 8.53. The van der Waals surface area contributed by atoms with Gasteiger partial charge in [0.2, 0.25) is 5.91 Å². The van der Waals surface area contributed by atoms with Crippen LogP contribution in [0.4, 0.5) is 0 Å². The maximum absolute atomic E-state index is 11.7. The predicted molar refractivity (Wildman–Crippen MR) is 86.8 cm³/mol. The van der Waals surface area contributed by atoms with Crippen LogP contribution in [-0.2, 0) is 4.79 Å². The molecule has 4 nitrogen and oxygen atoms in total. The first-order chi connectivity index (χ1) is 10.0. The summed E-state index contributed by atoms with van der Waals surface area (Å²) in [5.41, 5.74) is 4.79. The Bertz CT molecular complexity index is 641. The molecule has 0 spiro atoms. The second-order valence-electron chi connectivity index (χ2n) is 4.16. The summed E-state index contributed by atoms with van der Waals surface area (Å²) in [7, 11) is 0. The van der Waals surface area contributed by atoms with Gasteiger partial charge in [0.25, 0.3) is 5.91 Å². The van der Waals surface area contributed by atoms with E-state index < -0.39 is 0 Å². The second-order valence-corrected chi connectivity index (χ2v) is 6.93. The number of hydrazine groups is 1. The molecule has 0 aliphatic rings. The number of hydrogen-bond acceptors (Lipinski definition) is 4. The Morgan fingerprint density at radius 3 is 2.48 bits per heavy atom. The van der Waals surface area contributed by atoms with Crippen molar-refractivity contribution in [1.29, 1.82) is 0 Å². The van der Waals surface area contributed by atoms with Crippen molar-refractivity contribution in [1.82, 2.24) is 10.9 Å². The quantitative estimate of drug-likeness (QED) is 0.663. The third-order valence-corrected chi connectivity index (χ3v) is 4.73. The summed E-state index contributed by atoms with van der Waals surface area (Å²) in [5, 5.41) is 0.655. The van der Waals surface area contributed by atoms with Crippen molar-refractivity contribution in [2.45, 2.75) is 11.8 Å². The topological polar surface area (TPSA) is 58.2 Å². The van der Waals surface area contributed by atoms with Crippen LogP contribution in [0, 0.1) is 6.92 Å². The van der Waals surface area contributed by atoms with Crippen molar-refractivity contribution in [3.05, 3.63) is 51.2 Å². The summed E-state index contributed by atoms with van der Waals surface area (Å²) in [5.74, 6) is -0.361. The molecule has 1 aromatic carbocycles. The van der Waals surface area contributed by atoms with Crippen LogP contribution in [0.2, 0.25) is 5.02 Å². The van der Waals surface area contributed by atoms with Crippen LogP contribution in [0.25, 0.3) is 0 Å². The molecule has 0 saturated carbocycles. The Hall–Kier alpha value is -1.50. The van der Waals surface area contributed by atoms with Crippen molar-refractivity contribution >= 4 is 46.5 Å². The number of aryl methyl sites for hydroxylation is 1. The average molecular weight is 341 g/mol. The molecule has 0 radical (unpaired) electrons. The zero-order valence-electron chi connectivity index (χ0n) is 11.2. The third kappa shape index (κ3) is 5.08. The number of carbonyl (C=O) groups is 2. The molecular weight excluding hydrogens is 328 g/mol. The summed E-state index contributed by atoms with van der Waals surface area (Å²) < 4.78 is 0. The minimum atomic E-state index is -0.307. The van der Waals surface area contributed by atoms with Gasteiger partial charge < -0.3 is 0 Å². The van der Waals surface area contributed by atoms with E-state index in [-0.39, 0.29) is 17.6 Å². The lowest BCUT2D eigenvalue weighted by molar-refractivity contribution is -0.119. The molecule has 110 valence electrons. The highest BCUT2D eigenvalue weighted by atomic mass is 35.5. The standard InChI is InChI=1S/C14H13ClN2O2S2/c1-9-2-7-12(21-9)14(19)17-16-13(18)8-20-11-5-3-10(15)4-6-11/h2-7H,8H2,1H3,(H,16,18)(H,17,19). The van der Waals surface area contributed by atoms with Gasteiger partial charge in [0, 0.05) is 14.8 Å². The fourth-order valence-corrected chi connectivity index (χ4v) is 3.05. The molecule has 0 fully saturated rings. The number of carbonyl (C=O) groups excluding carboxylic acids is 2. The van der Waals surface area contributed by atoms with Crippen LogP contribution in [0.3, 0.4) is 0 Å². The van der Waals surface area contributed by atoms with Crippen LogP contribution in [0.1, 0.15) is 14.5 Å². The monoisotopic (exact) mass is 340 g/mol. The van der Waals surface area contributed by atoms with E-state index in [0.29, 0.717) is 9.90 Å². The fraction of sp³-hybridized carbons (Fsp3) is 0.143. The highest BCUT2D eigenvalue weighted by Gasteiger charge is 2.09. The predicted octanol–water partition coefficient (Wildman–Crippen LogP) is 3.26. The molecule has 0 unspecified atom stereocenters. The summed E-state index contributed by atoms with van der Waals surface area (Å²) in [6.07, 6.45) is 0. The van der Waals surface area contributed by atoms with E-state index in [2.05, 4.69) is 10.9 Å². The number of halogens is 1. The Balaban J connectivity index is 1.74. The fourth-order valence-electron chi connectivity index (χ4n) is 1.46. The van der Waals surface area contributed by atoms with Crippen LogP contribution < -0.4 is 10.9 Å². The molecule has 0 bridgehead atoms. The van der Waals surface area contributed by atoms with E-state index in [4.69, 9.17) is 11.6 Å². The van der Waals surface area contributed by atoms with Crippen molar-refractivity contribution < 1.29 is 9.59 Å². The maximum Gasteiger partial charge on any atom is 0.279 e. The zero-order valence-corrected chi connectivity index (χ0v) is 13.6. The van der Waals surface area contributed by atoms with Crippen molar-refractivity contribution in [2.24, 2.45) is 0 Å². The van der Waals surface area contributed by atoms with Crippen molar-refractivity contribution in [3.8, 4) is 0 Å². The molecule has 1 heterocycles. The molecule has 1 aromatic heterocycles. The van der Waals surface area contributed by atoms with E-state index in [0.717, 1.165) is 9.77 Å². The second kappa shape index (κ2) is 7.49. The summed E-state index contributed by atoms with van der Waals surface area (Å²) in [6, 6.07) is 10.8. The van der Waals surface area contributed by atoms with E-state index >= 15 is 0 Å². The van der Waals surface area contributed by atoms with E-state index in [1.54, 1.807) is 18.2 Å². The van der Waals surface area contributed by atoms with Gasteiger partial charge in [-0.05, 0) is 43.3 Å². The van der Waals surface area contributed by atoms with Gasteiger partial charge in [-0.25, -0.2) is 0 Å². The molecule has 7 heteroatoms. The van der Waals surface area contributed by atoms with Gasteiger partial charge in [-0.15, -0.1) is 23.1 Å². The van der Waals surface area contributed by atoms with Crippen LogP contribution >= 0.6 is 34.7 Å². The lowest BCUT2D eigenvalue weighted by Crippen LogP contribution is -2.42. The maximum atomic E-state index is 11.7. The Morgan fingerprint density at radius 1 is 1.14 bits per heavy atom. The van der Waals surface area contributed by atoms with E-state index in [1.165, 1.54) is 23.1 Å².